The Labute approximate surface area is 171 Å². The predicted molar refractivity (Wildman–Crippen MR) is 119 cm³/mol. The number of carbonyl (C=O) groups is 1. The van der Waals surface area contributed by atoms with Crippen molar-refractivity contribution in [2.24, 2.45) is 16.7 Å². The molecule has 0 spiro atoms. The van der Waals surface area contributed by atoms with Crippen LogP contribution in [0.3, 0.4) is 0 Å². The molecule has 0 bridgehead atoms. The van der Waals surface area contributed by atoms with Crippen LogP contribution >= 0.6 is 22.7 Å². The molecule has 1 nitrogen and oxygen atoms in total. The summed E-state index contributed by atoms with van der Waals surface area (Å²) in [6.07, 6.45) is 4.63. The molecule has 0 saturated carbocycles. The molecule has 0 aliphatic heterocycles. The summed E-state index contributed by atoms with van der Waals surface area (Å²) in [4.78, 5) is 16.2. The molecule has 144 valence electrons. The molecular formula is C24H30OS2. The highest BCUT2D eigenvalue weighted by Crippen LogP contribution is 2.52. The van der Waals surface area contributed by atoms with E-state index in [4.69, 9.17) is 0 Å². The van der Waals surface area contributed by atoms with Crippen molar-refractivity contribution in [2.75, 3.05) is 0 Å². The van der Waals surface area contributed by atoms with Gasteiger partial charge in [-0.25, -0.2) is 0 Å². The van der Waals surface area contributed by atoms with E-state index in [2.05, 4.69) is 74.9 Å². The molecule has 1 aliphatic rings. The van der Waals surface area contributed by atoms with Crippen molar-refractivity contribution < 1.29 is 4.79 Å². The second-order valence-corrected chi connectivity index (χ2v) is 11.6. The van der Waals surface area contributed by atoms with Crippen LogP contribution in [-0.4, -0.2) is 5.78 Å². The van der Waals surface area contributed by atoms with E-state index in [1.165, 1.54) is 20.9 Å². The van der Waals surface area contributed by atoms with Gasteiger partial charge in [0.15, 0.2) is 0 Å². The fourth-order valence-electron chi connectivity index (χ4n) is 3.90. The summed E-state index contributed by atoms with van der Waals surface area (Å²) in [5.74, 6) is 0.168. The minimum absolute atomic E-state index is 0.0825. The highest BCUT2D eigenvalue weighted by atomic mass is 32.1. The average Bonchev–Trinajstić information content (AvgIpc) is 3.25. The molecule has 0 radical (unpaired) electrons. The molecule has 2 heterocycles. The Bertz CT molecular complexity index is 868. The number of carbonyl (C=O) groups excluding carboxylic acids is 1. The fourth-order valence-corrected chi connectivity index (χ4v) is 5.51. The number of Topliss-reactive ketones (excluding diaryl/α,β-unsaturated/α-hetero) is 1. The normalized spacial score (nSPS) is 23.7. The summed E-state index contributed by atoms with van der Waals surface area (Å²) in [6, 6.07) is 8.55. The van der Waals surface area contributed by atoms with Gasteiger partial charge >= 0.3 is 0 Å². The van der Waals surface area contributed by atoms with Gasteiger partial charge in [-0.3, -0.25) is 4.79 Å². The fraction of sp³-hybridized carbons (Fsp3) is 0.458. The Hall–Kier alpha value is -1.45. The Morgan fingerprint density at radius 1 is 1.00 bits per heavy atom. The molecule has 0 aromatic carbocycles. The quantitative estimate of drug-likeness (QED) is 0.527. The Morgan fingerprint density at radius 2 is 1.63 bits per heavy atom. The lowest BCUT2D eigenvalue weighted by Gasteiger charge is -2.45. The molecule has 27 heavy (non-hydrogen) atoms. The van der Waals surface area contributed by atoms with Crippen LogP contribution in [0.4, 0.5) is 0 Å². The summed E-state index contributed by atoms with van der Waals surface area (Å²) in [5.41, 5.74) is 1.67. The van der Waals surface area contributed by atoms with E-state index in [1.807, 2.05) is 20.8 Å². The van der Waals surface area contributed by atoms with E-state index in [1.54, 1.807) is 22.7 Å². The van der Waals surface area contributed by atoms with Crippen LogP contribution < -0.4 is 0 Å². The van der Waals surface area contributed by atoms with Gasteiger partial charge in [-0.15, -0.1) is 22.7 Å². The lowest BCUT2D eigenvalue weighted by atomic mass is 9.58. The highest BCUT2D eigenvalue weighted by molar-refractivity contribution is 7.11. The molecule has 0 saturated heterocycles. The van der Waals surface area contributed by atoms with E-state index in [9.17, 15) is 4.79 Å². The summed E-state index contributed by atoms with van der Waals surface area (Å²) >= 11 is 3.51. The van der Waals surface area contributed by atoms with Gasteiger partial charge in [0.2, 0.25) is 0 Å². The first kappa shape index (κ1) is 20.3. The van der Waals surface area contributed by atoms with Crippen molar-refractivity contribution in [2.45, 2.75) is 53.9 Å². The molecule has 2 aromatic heterocycles. The molecule has 0 amide bonds. The molecule has 1 aliphatic carbocycles. The van der Waals surface area contributed by atoms with Crippen LogP contribution in [0.15, 0.2) is 52.8 Å². The molecule has 0 fully saturated rings. The monoisotopic (exact) mass is 398 g/mol. The van der Waals surface area contributed by atoms with Crippen molar-refractivity contribution in [3.63, 3.8) is 0 Å². The zero-order valence-electron chi connectivity index (χ0n) is 17.4. The van der Waals surface area contributed by atoms with Crippen molar-refractivity contribution in [1.29, 1.82) is 0 Å². The molecular weight excluding hydrogens is 368 g/mol. The standard InChI is InChI=1S/C24H30OS2/c1-22(2,3)17-14-16(18-10-8-12-26-18)15-24(7,19-11-9-13-27-19)20(17)21(25)23(4,5)6/h8-15,20H,1-7H3. The van der Waals surface area contributed by atoms with Crippen LogP contribution in [0.25, 0.3) is 5.57 Å². The van der Waals surface area contributed by atoms with Gasteiger partial charge in [0, 0.05) is 20.6 Å². The van der Waals surface area contributed by atoms with Crippen molar-refractivity contribution >= 4 is 34.0 Å². The smallest absolute Gasteiger partial charge is 0.146 e. The van der Waals surface area contributed by atoms with Gasteiger partial charge < -0.3 is 0 Å². The number of allylic oxidation sites excluding steroid dienone is 4. The van der Waals surface area contributed by atoms with E-state index in [0.29, 0.717) is 5.78 Å². The minimum Gasteiger partial charge on any atom is -0.298 e. The number of ketones is 1. The second kappa shape index (κ2) is 6.86. The van der Waals surface area contributed by atoms with E-state index >= 15 is 0 Å². The van der Waals surface area contributed by atoms with Crippen LogP contribution in [0.2, 0.25) is 0 Å². The number of rotatable bonds is 3. The van der Waals surface area contributed by atoms with Gasteiger partial charge in [-0.05, 0) is 33.9 Å². The molecule has 0 N–H and O–H groups in total. The largest absolute Gasteiger partial charge is 0.298 e. The van der Waals surface area contributed by atoms with Crippen molar-refractivity contribution in [3.05, 3.63) is 62.5 Å². The van der Waals surface area contributed by atoms with E-state index < -0.39 is 0 Å². The van der Waals surface area contributed by atoms with Gasteiger partial charge in [0.25, 0.3) is 0 Å². The first-order valence-corrected chi connectivity index (χ1v) is 11.3. The van der Waals surface area contributed by atoms with Gasteiger partial charge in [-0.2, -0.15) is 0 Å². The number of hydrogen-bond acceptors (Lipinski definition) is 3. The average molecular weight is 399 g/mol. The maximum Gasteiger partial charge on any atom is 0.146 e. The predicted octanol–water partition coefficient (Wildman–Crippen LogP) is 7.37. The van der Waals surface area contributed by atoms with Crippen LogP contribution in [-0.2, 0) is 10.2 Å². The molecule has 3 heteroatoms. The number of thiophene rings is 2. The third kappa shape index (κ3) is 3.77. The molecule has 3 rings (SSSR count). The summed E-state index contributed by atoms with van der Waals surface area (Å²) in [7, 11) is 0. The van der Waals surface area contributed by atoms with Crippen molar-refractivity contribution in [1.82, 2.24) is 0 Å². The van der Waals surface area contributed by atoms with E-state index in [0.717, 1.165) is 0 Å². The first-order valence-electron chi connectivity index (χ1n) is 9.52. The number of hydrogen-bond donors (Lipinski definition) is 0. The maximum absolute atomic E-state index is 13.7. The van der Waals surface area contributed by atoms with Gasteiger partial charge in [0.1, 0.15) is 5.78 Å². The lowest BCUT2D eigenvalue weighted by Crippen LogP contribution is -2.45. The topological polar surface area (TPSA) is 17.1 Å². The van der Waals surface area contributed by atoms with Crippen LogP contribution in [0.1, 0.15) is 58.2 Å². The second-order valence-electron chi connectivity index (χ2n) is 9.73. The van der Waals surface area contributed by atoms with Gasteiger partial charge in [0.05, 0.1) is 5.92 Å². The summed E-state index contributed by atoms with van der Waals surface area (Å²) < 4.78 is 0. The maximum atomic E-state index is 13.7. The third-order valence-electron chi connectivity index (χ3n) is 5.40. The zero-order valence-corrected chi connectivity index (χ0v) is 19.1. The lowest BCUT2D eigenvalue weighted by molar-refractivity contribution is -0.131. The SMILES string of the molecule is CC(C)(C)C(=O)C1C(C(C)(C)C)=CC(c2cccs2)=CC1(C)c1cccs1. The van der Waals surface area contributed by atoms with Crippen LogP contribution in [0.5, 0.6) is 0 Å². The molecule has 2 atom stereocenters. The molecule has 2 unspecified atom stereocenters. The third-order valence-corrected chi connectivity index (χ3v) is 7.44. The Morgan fingerprint density at radius 3 is 2.11 bits per heavy atom. The Kier molecular flexibility index (Phi) is 5.15. The van der Waals surface area contributed by atoms with Crippen molar-refractivity contribution in [3.8, 4) is 0 Å². The van der Waals surface area contributed by atoms with Crippen LogP contribution in [0, 0.1) is 16.7 Å². The minimum atomic E-state index is -0.387. The van der Waals surface area contributed by atoms with E-state index in [-0.39, 0.29) is 22.2 Å². The first-order chi connectivity index (χ1) is 12.4. The Balaban J connectivity index is 2.29. The highest BCUT2D eigenvalue weighted by Gasteiger charge is 2.49. The summed E-state index contributed by atoms with van der Waals surface area (Å²) in [6.45, 7) is 15.1. The summed E-state index contributed by atoms with van der Waals surface area (Å²) in [5, 5.41) is 4.24. The molecule has 2 aromatic rings. The zero-order chi connectivity index (χ0) is 20.0. The van der Waals surface area contributed by atoms with Gasteiger partial charge in [-0.1, -0.05) is 78.3 Å².